The maximum atomic E-state index is 12.3. The van der Waals surface area contributed by atoms with Crippen molar-refractivity contribution in [1.82, 2.24) is 4.90 Å². The molecule has 3 heteroatoms. The monoisotopic (exact) mass is 246 g/mol. The fourth-order valence-electron chi connectivity index (χ4n) is 2.58. The first-order valence-corrected chi connectivity index (χ1v) is 6.63. The predicted molar refractivity (Wildman–Crippen MR) is 73.4 cm³/mol. The van der Waals surface area contributed by atoms with Gasteiger partial charge in [-0.15, -0.1) is 0 Å². The average molecular weight is 246 g/mol. The summed E-state index contributed by atoms with van der Waals surface area (Å²) in [5.41, 5.74) is 10.7. The van der Waals surface area contributed by atoms with Gasteiger partial charge in [0.1, 0.15) is 6.04 Å². The number of carbonyl (C=O) groups excluding carboxylic acids is 1. The van der Waals surface area contributed by atoms with Gasteiger partial charge in [0.05, 0.1) is 0 Å². The molecule has 1 fully saturated rings. The molecule has 1 aliphatic heterocycles. The molecule has 98 valence electrons. The zero-order valence-electron chi connectivity index (χ0n) is 11.5. The lowest BCUT2D eigenvalue weighted by atomic mass is 9.94. The second kappa shape index (κ2) is 5.11. The highest BCUT2D eigenvalue weighted by Crippen LogP contribution is 2.24. The van der Waals surface area contributed by atoms with E-state index in [1.165, 1.54) is 11.1 Å². The van der Waals surface area contributed by atoms with E-state index in [1.807, 2.05) is 11.0 Å². The van der Waals surface area contributed by atoms with Crippen molar-refractivity contribution in [2.24, 2.45) is 5.73 Å². The number of rotatable bonds is 2. The van der Waals surface area contributed by atoms with Gasteiger partial charge in [-0.2, -0.15) is 0 Å². The number of nitrogens with zero attached hydrogens (tertiary/aromatic N) is 1. The van der Waals surface area contributed by atoms with Crippen molar-refractivity contribution < 1.29 is 4.79 Å². The molecule has 2 N–H and O–H groups in total. The molecule has 1 unspecified atom stereocenters. The van der Waals surface area contributed by atoms with Crippen LogP contribution >= 0.6 is 0 Å². The van der Waals surface area contributed by atoms with E-state index in [0.29, 0.717) is 0 Å². The number of hydrogen-bond acceptors (Lipinski definition) is 2. The third kappa shape index (κ3) is 2.27. The lowest BCUT2D eigenvalue weighted by Gasteiger charge is -2.22. The van der Waals surface area contributed by atoms with E-state index in [4.69, 9.17) is 5.73 Å². The minimum absolute atomic E-state index is 0.0684. The third-order valence-electron chi connectivity index (χ3n) is 4.12. The second-order valence-electron chi connectivity index (χ2n) is 5.23. The van der Waals surface area contributed by atoms with Crippen LogP contribution in [-0.4, -0.2) is 23.9 Å². The minimum Gasteiger partial charge on any atom is -0.341 e. The normalized spacial score (nSPS) is 17.0. The van der Waals surface area contributed by atoms with Gasteiger partial charge in [-0.05, 0) is 55.9 Å². The molecule has 3 nitrogen and oxygen atoms in total. The summed E-state index contributed by atoms with van der Waals surface area (Å²) < 4.78 is 0. The summed E-state index contributed by atoms with van der Waals surface area (Å²) in [6, 6.07) is 3.54. The molecule has 0 aliphatic carbocycles. The van der Waals surface area contributed by atoms with Gasteiger partial charge in [0.15, 0.2) is 0 Å². The molecule has 1 saturated heterocycles. The maximum absolute atomic E-state index is 12.3. The zero-order valence-corrected chi connectivity index (χ0v) is 11.5. The number of hydrogen-bond donors (Lipinski definition) is 1. The van der Waals surface area contributed by atoms with Gasteiger partial charge in [-0.1, -0.05) is 12.1 Å². The Morgan fingerprint density at radius 1 is 1.17 bits per heavy atom. The molecule has 1 amide bonds. The number of likely N-dealkylation sites (tertiary alicyclic amines) is 1. The fourth-order valence-corrected chi connectivity index (χ4v) is 2.58. The summed E-state index contributed by atoms with van der Waals surface area (Å²) in [7, 11) is 0. The van der Waals surface area contributed by atoms with Gasteiger partial charge in [0.2, 0.25) is 5.91 Å². The van der Waals surface area contributed by atoms with Crippen LogP contribution in [0.5, 0.6) is 0 Å². The highest BCUT2D eigenvalue weighted by atomic mass is 16.2. The smallest absolute Gasteiger partial charge is 0.244 e. The lowest BCUT2D eigenvalue weighted by Crippen LogP contribution is -2.36. The van der Waals surface area contributed by atoms with Gasteiger partial charge < -0.3 is 10.6 Å². The highest BCUT2D eigenvalue weighted by molar-refractivity contribution is 5.83. The Bertz CT molecular complexity index is 462. The molecule has 1 atom stereocenters. The molecule has 0 bridgehead atoms. The van der Waals surface area contributed by atoms with E-state index in [2.05, 4.69) is 26.8 Å². The third-order valence-corrected chi connectivity index (χ3v) is 4.12. The Morgan fingerprint density at radius 2 is 1.78 bits per heavy atom. The first-order valence-electron chi connectivity index (χ1n) is 6.63. The Labute approximate surface area is 109 Å². The molecule has 0 saturated carbocycles. The van der Waals surface area contributed by atoms with Crippen LogP contribution in [0.25, 0.3) is 0 Å². The molecule has 1 heterocycles. The van der Waals surface area contributed by atoms with Crippen molar-refractivity contribution in [3.8, 4) is 0 Å². The van der Waals surface area contributed by atoms with Gasteiger partial charge in [0.25, 0.3) is 0 Å². The maximum Gasteiger partial charge on any atom is 0.244 e. The van der Waals surface area contributed by atoms with Crippen LogP contribution in [0, 0.1) is 20.8 Å². The van der Waals surface area contributed by atoms with Crippen LogP contribution in [0.15, 0.2) is 12.1 Å². The van der Waals surface area contributed by atoms with Gasteiger partial charge in [0, 0.05) is 13.1 Å². The van der Waals surface area contributed by atoms with Gasteiger partial charge in [-0.3, -0.25) is 4.79 Å². The molecule has 1 aromatic rings. The Balaban J connectivity index is 2.25. The fraction of sp³-hybridized carbons (Fsp3) is 0.533. The molecule has 0 radical (unpaired) electrons. The minimum atomic E-state index is -0.512. The van der Waals surface area contributed by atoms with Crippen LogP contribution in [-0.2, 0) is 4.79 Å². The molecule has 1 aromatic carbocycles. The second-order valence-corrected chi connectivity index (χ2v) is 5.23. The Morgan fingerprint density at radius 3 is 2.39 bits per heavy atom. The molecular formula is C15H22N2O. The molecule has 1 aliphatic rings. The number of benzene rings is 1. The molecular weight excluding hydrogens is 224 g/mol. The number of aryl methyl sites for hydroxylation is 1. The molecule has 0 spiro atoms. The Hall–Kier alpha value is -1.35. The van der Waals surface area contributed by atoms with E-state index in [-0.39, 0.29) is 5.91 Å². The quantitative estimate of drug-likeness (QED) is 0.870. The van der Waals surface area contributed by atoms with E-state index in [1.54, 1.807) is 0 Å². The van der Waals surface area contributed by atoms with Crippen molar-refractivity contribution in [2.45, 2.75) is 39.7 Å². The van der Waals surface area contributed by atoms with Crippen molar-refractivity contribution in [3.05, 3.63) is 34.4 Å². The first kappa shape index (κ1) is 13.1. The number of carbonyl (C=O) groups is 1. The zero-order chi connectivity index (χ0) is 13.3. The molecule has 18 heavy (non-hydrogen) atoms. The van der Waals surface area contributed by atoms with Crippen LogP contribution in [0.2, 0.25) is 0 Å². The lowest BCUT2D eigenvalue weighted by molar-refractivity contribution is -0.131. The summed E-state index contributed by atoms with van der Waals surface area (Å²) >= 11 is 0. The SMILES string of the molecule is Cc1ccc(C(N)C(=O)N2CCCC2)c(C)c1C. The average Bonchev–Trinajstić information content (AvgIpc) is 2.88. The summed E-state index contributed by atoms with van der Waals surface area (Å²) in [6.45, 7) is 7.93. The van der Waals surface area contributed by atoms with Crippen molar-refractivity contribution in [1.29, 1.82) is 0 Å². The number of amides is 1. The van der Waals surface area contributed by atoms with Crippen LogP contribution in [0.4, 0.5) is 0 Å². The van der Waals surface area contributed by atoms with Gasteiger partial charge >= 0.3 is 0 Å². The molecule has 0 aromatic heterocycles. The largest absolute Gasteiger partial charge is 0.341 e. The summed E-state index contributed by atoms with van der Waals surface area (Å²) in [6.07, 6.45) is 2.20. The molecule has 2 rings (SSSR count). The summed E-state index contributed by atoms with van der Waals surface area (Å²) in [4.78, 5) is 14.2. The first-order chi connectivity index (χ1) is 8.52. The summed E-state index contributed by atoms with van der Waals surface area (Å²) in [5, 5.41) is 0. The highest BCUT2D eigenvalue weighted by Gasteiger charge is 2.26. The van der Waals surface area contributed by atoms with E-state index >= 15 is 0 Å². The van der Waals surface area contributed by atoms with Crippen molar-refractivity contribution in [3.63, 3.8) is 0 Å². The van der Waals surface area contributed by atoms with Crippen LogP contribution in [0.3, 0.4) is 0 Å². The topological polar surface area (TPSA) is 46.3 Å². The van der Waals surface area contributed by atoms with Crippen LogP contribution in [0.1, 0.15) is 41.1 Å². The van der Waals surface area contributed by atoms with E-state index in [9.17, 15) is 4.79 Å². The van der Waals surface area contributed by atoms with E-state index in [0.717, 1.165) is 37.1 Å². The van der Waals surface area contributed by atoms with Crippen molar-refractivity contribution in [2.75, 3.05) is 13.1 Å². The standard InChI is InChI=1S/C15H22N2O/c1-10-6-7-13(12(3)11(10)2)14(16)15(18)17-8-4-5-9-17/h6-7,14H,4-5,8-9,16H2,1-3H3. The predicted octanol–water partition coefficient (Wildman–Crippen LogP) is 2.23. The van der Waals surface area contributed by atoms with E-state index < -0.39 is 6.04 Å². The van der Waals surface area contributed by atoms with Crippen LogP contribution < -0.4 is 5.73 Å². The summed E-state index contributed by atoms with van der Waals surface area (Å²) in [5.74, 6) is 0.0684. The Kier molecular flexibility index (Phi) is 3.71. The van der Waals surface area contributed by atoms with Crippen molar-refractivity contribution >= 4 is 5.91 Å². The number of nitrogens with two attached hydrogens (primary N) is 1. The van der Waals surface area contributed by atoms with Gasteiger partial charge in [-0.25, -0.2) is 0 Å².